The first kappa shape index (κ1) is 24.0. The summed E-state index contributed by atoms with van der Waals surface area (Å²) in [6, 6.07) is 25.1. The monoisotopic (exact) mass is 473 g/mol. The SMILES string of the molecule is COCC(=O)Nc1ccc(C2OC(=O)N(Cc3ccccc3)C2C(=O)NCc2ccccc2)cc1. The van der Waals surface area contributed by atoms with E-state index in [1.807, 2.05) is 60.7 Å². The Hall–Kier alpha value is -4.17. The molecule has 0 bridgehead atoms. The van der Waals surface area contributed by atoms with Crippen molar-refractivity contribution < 1.29 is 23.9 Å². The predicted octanol–water partition coefficient (Wildman–Crippen LogP) is 3.65. The Morgan fingerprint density at radius 1 is 0.914 bits per heavy atom. The van der Waals surface area contributed by atoms with Gasteiger partial charge >= 0.3 is 6.09 Å². The Labute approximate surface area is 203 Å². The van der Waals surface area contributed by atoms with Crippen molar-refractivity contribution in [2.24, 2.45) is 0 Å². The number of rotatable bonds is 9. The second-order valence-electron chi connectivity index (χ2n) is 8.17. The Balaban J connectivity index is 1.56. The predicted molar refractivity (Wildman–Crippen MR) is 130 cm³/mol. The van der Waals surface area contributed by atoms with Crippen LogP contribution in [0.4, 0.5) is 10.5 Å². The van der Waals surface area contributed by atoms with E-state index in [0.29, 0.717) is 17.8 Å². The fraction of sp³-hybridized carbons (Fsp3) is 0.222. The Morgan fingerprint density at radius 2 is 1.54 bits per heavy atom. The molecule has 4 rings (SSSR count). The maximum atomic E-state index is 13.4. The van der Waals surface area contributed by atoms with Crippen LogP contribution in [0.3, 0.4) is 0 Å². The van der Waals surface area contributed by atoms with Gasteiger partial charge in [0.05, 0.1) is 6.54 Å². The average molecular weight is 474 g/mol. The normalized spacial score (nSPS) is 17.1. The standard InChI is InChI=1S/C27H27N3O5/c1-34-18-23(31)29-22-14-12-21(13-15-22)25-24(26(32)28-16-19-8-4-2-5-9-19)30(27(33)35-25)17-20-10-6-3-7-11-20/h2-15,24-25H,16-18H2,1H3,(H,28,32)(H,29,31). The number of amides is 3. The quantitative estimate of drug-likeness (QED) is 0.495. The van der Waals surface area contributed by atoms with E-state index >= 15 is 0 Å². The topological polar surface area (TPSA) is 97.0 Å². The van der Waals surface area contributed by atoms with E-state index in [-0.39, 0.29) is 25.0 Å². The van der Waals surface area contributed by atoms with Gasteiger partial charge in [-0.1, -0.05) is 72.8 Å². The number of ether oxygens (including phenoxy) is 2. The zero-order chi connectivity index (χ0) is 24.6. The second-order valence-corrected chi connectivity index (χ2v) is 8.17. The van der Waals surface area contributed by atoms with Crippen molar-refractivity contribution in [1.29, 1.82) is 0 Å². The number of carbonyl (C=O) groups excluding carboxylic acids is 3. The zero-order valence-corrected chi connectivity index (χ0v) is 19.3. The molecule has 3 aromatic carbocycles. The Morgan fingerprint density at radius 3 is 2.17 bits per heavy atom. The van der Waals surface area contributed by atoms with Gasteiger partial charge in [-0.3, -0.25) is 14.5 Å². The van der Waals surface area contributed by atoms with Crippen LogP contribution in [0.5, 0.6) is 0 Å². The van der Waals surface area contributed by atoms with Gasteiger partial charge in [0.1, 0.15) is 6.61 Å². The van der Waals surface area contributed by atoms with Crippen molar-refractivity contribution in [3.63, 3.8) is 0 Å². The molecule has 0 radical (unpaired) electrons. The number of methoxy groups -OCH3 is 1. The lowest BCUT2D eigenvalue weighted by molar-refractivity contribution is -0.126. The van der Waals surface area contributed by atoms with Crippen molar-refractivity contribution >= 4 is 23.6 Å². The van der Waals surface area contributed by atoms with Gasteiger partial charge in [0.2, 0.25) is 11.8 Å². The van der Waals surface area contributed by atoms with Crippen LogP contribution in [0.15, 0.2) is 84.9 Å². The van der Waals surface area contributed by atoms with Gasteiger partial charge in [-0.05, 0) is 28.8 Å². The van der Waals surface area contributed by atoms with Crippen molar-refractivity contribution in [2.45, 2.75) is 25.2 Å². The number of hydrogen-bond donors (Lipinski definition) is 2. The summed E-state index contributed by atoms with van der Waals surface area (Å²) in [5.41, 5.74) is 3.07. The molecular formula is C27H27N3O5. The number of cyclic esters (lactones) is 1. The summed E-state index contributed by atoms with van der Waals surface area (Å²) >= 11 is 0. The third-order valence-corrected chi connectivity index (χ3v) is 5.66. The molecule has 2 unspecified atom stereocenters. The van der Waals surface area contributed by atoms with Crippen LogP contribution in [-0.2, 0) is 32.2 Å². The van der Waals surface area contributed by atoms with E-state index in [0.717, 1.165) is 11.1 Å². The fourth-order valence-corrected chi connectivity index (χ4v) is 3.96. The van der Waals surface area contributed by atoms with Crippen LogP contribution < -0.4 is 10.6 Å². The van der Waals surface area contributed by atoms with Gasteiger partial charge in [0.15, 0.2) is 12.1 Å². The van der Waals surface area contributed by atoms with Crippen molar-refractivity contribution in [2.75, 3.05) is 19.0 Å². The van der Waals surface area contributed by atoms with Crippen LogP contribution in [0.25, 0.3) is 0 Å². The van der Waals surface area contributed by atoms with Gasteiger partial charge < -0.3 is 20.1 Å². The summed E-state index contributed by atoms with van der Waals surface area (Å²) in [7, 11) is 1.45. The van der Waals surface area contributed by atoms with E-state index in [1.165, 1.54) is 12.0 Å². The Bertz CT molecular complexity index is 1150. The van der Waals surface area contributed by atoms with E-state index in [9.17, 15) is 14.4 Å². The first-order valence-corrected chi connectivity index (χ1v) is 11.3. The molecule has 35 heavy (non-hydrogen) atoms. The van der Waals surface area contributed by atoms with Crippen molar-refractivity contribution in [3.05, 3.63) is 102 Å². The third kappa shape index (κ3) is 6.04. The molecule has 180 valence electrons. The number of nitrogens with zero attached hydrogens (tertiary/aromatic N) is 1. The van der Waals surface area contributed by atoms with E-state index < -0.39 is 18.2 Å². The second kappa shape index (κ2) is 11.3. The minimum Gasteiger partial charge on any atom is -0.438 e. The van der Waals surface area contributed by atoms with Gasteiger partial charge in [0.25, 0.3) is 0 Å². The molecule has 3 amide bonds. The van der Waals surface area contributed by atoms with Gasteiger partial charge in [0, 0.05) is 19.3 Å². The highest BCUT2D eigenvalue weighted by Gasteiger charge is 2.46. The van der Waals surface area contributed by atoms with Gasteiger partial charge in [-0.2, -0.15) is 0 Å². The first-order chi connectivity index (χ1) is 17.0. The molecule has 1 saturated heterocycles. The number of anilines is 1. The molecule has 2 atom stereocenters. The van der Waals surface area contributed by atoms with Crippen LogP contribution in [0, 0.1) is 0 Å². The molecule has 3 aromatic rings. The molecule has 1 aliphatic rings. The van der Waals surface area contributed by atoms with Crippen LogP contribution >= 0.6 is 0 Å². The molecule has 1 aliphatic heterocycles. The first-order valence-electron chi connectivity index (χ1n) is 11.3. The number of hydrogen-bond acceptors (Lipinski definition) is 5. The third-order valence-electron chi connectivity index (χ3n) is 5.66. The molecular weight excluding hydrogens is 446 g/mol. The minimum absolute atomic E-state index is 0.0555. The molecule has 0 aromatic heterocycles. The van der Waals surface area contributed by atoms with Gasteiger partial charge in [-0.25, -0.2) is 4.79 Å². The van der Waals surface area contributed by atoms with Crippen molar-refractivity contribution in [1.82, 2.24) is 10.2 Å². The largest absolute Gasteiger partial charge is 0.438 e. The molecule has 1 heterocycles. The number of benzene rings is 3. The summed E-state index contributed by atoms with van der Waals surface area (Å²) in [5.74, 6) is -0.585. The lowest BCUT2D eigenvalue weighted by Crippen LogP contribution is -2.46. The lowest BCUT2D eigenvalue weighted by atomic mass is 10.00. The summed E-state index contributed by atoms with van der Waals surface area (Å²) in [6.07, 6.45) is -1.36. The van der Waals surface area contributed by atoms with E-state index in [4.69, 9.17) is 9.47 Å². The average Bonchev–Trinajstić information content (AvgIpc) is 3.20. The summed E-state index contributed by atoms with van der Waals surface area (Å²) < 4.78 is 10.5. The molecule has 0 spiro atoms. The molecule has 8 heteroatoms. The summed E-state index contributed by atoms with van der Waals surface area (Å²) in [4.78, 5) is 39.5. The van der Waals surface area contributed by atoms with Crippen LogP contribution in [0.2, 0.25) is 0 Å². The molecule has 2 N–H and O–H groups in total. The van der Waals surface area contributed by atoms with Gasteiger partial charge in [-0.15, -0.1) is 0 Å². The fourth-order valence-electron chi connectivity index (χ4n) is 3.96. The Kier molecular flexibility index (Phi) is 7.74. The highest BCUT2D eigenvalue weighted by atomic mass is 16.6. The maximum Gasteiger partial charge on any atom is 0.411 e. The highest BCUT2D eigenvalue weighted by molar-refractivity contribution is 5.92. The number of carbonyl (C=O) groups is 3. The highest BCUT2D eigenvalue weighted by Crippen LogP contribution is 2.34. The van der Waals surface area contributed by atoms with Crippen LogP contribution in [0.1, 0.15) is 22.8 Å². The molecule has 0 aliphatic carbocycles. The van der Waals surface area contributed by atoms with Crippen LogP contribution in [-0.4, -0.2) is 42.6 Å². The maximum absolute atomic E-state index is 13.4. The lowest BCUT2D eigenvalue weighted by Gasteiger charge is -2.24. The minimum atomic E-state index is -0.861. The molecule has 0 saturated carbocycles. The van der Waals surface area contributed by atoms with E-state index in [1.54, 1.807) is 24.3 Å². The molecule has 1 fully saturated rings. The summed E-state index contributed by atoms with van der Waals surface area (Å²) in [5, 5.41) is 5.67. The van der Waals surface area contributed by atoms with E-state index in [2.05, 4.69) is 10.6 Å². The smallest absolute Gasteiger partial charge is 0.411 e. The van der Waals surface area contributed by atoms with Crippen molar-refractivity contribution in [3.8, 4) is 0 Å². The molecule has 8 nitrogen and oxygen atoms in total. The zero-order valence-electron chi connectivity index (χ0n) is 19.3. The number of nitrogens with one attached hydrogen (secondary N) is 2. The summed E-state index contributed by atoms with van der Waals surface area (Å²) in [6.45, 7) is 0.519.